The highest BCUT2D eigenvalue weighted by Gasteiger charge is 2.39. The van der Waals surface area contributed by atoms with Crippen LogP contribution in [-0.2, 0) is 14.3 Å². The Bertz CT molecular complexity index is 800. The standard InChI is InChI=1S/C23H33IN2O6/c1-15(2)31-12-6-10-26(16(3)28)19-13-17(23(30)25-9-11-27)14-21(22(19)29)32-20-8-5-4-7-18(20)24/h4-5,7-8,14-15,19,21-22,27,29H,6,9-13H2,1-3H3,(H,25,30)/t19-,21+,22+/m1/s1. The first-order valence-electron chi connectivity index (χ1n) is 10.8. The molecule has 2 amide bonds. The van der Waals surface area contributed by atoms with Crippen molar-refractivity contribution < 1.29 is 29.3 Å². The van der Waals surface area contributed by atoms with Gasteiger partial charge < -0.3 is 29.9 Å². The van der Waals surface area contributed by atoms with E-state index in [4.69, 9.17) is 14.6 Å². The van der Waals surface area contributed by atoms with Crippen LogP contribution in [0.2, 0.25) is 0 Å². The number of aliphatic hydroxyl groups excluding tert-OH is 2. The number of aliphatic hydroxyl groups is 2. The lowest BCUT2D eigenvalue weighted by Crippen LogP contribution is -2.55. The molecule has 0 fully saturated rings. The Hall–Kier alpha value is -1.69. The smallest absolute Gasteiger partial charge is 0.247 e. The summed E-state index contributed by atoms with van der Waals surface area (Å²) in [5, 5.41) is 22.8. The molecule has 3 N–H and O–H groups in total. The first-order valence-corrected chi connectivity index (χ1v) is 11.9. The molecule has 1 aromatic carbocycles. The van der Waals surface area contributed by atoms with Crippen LogP contribution in [0.5, 0.6) is 5.75 Å². The zero-order valence-corrected chi connectivity index (χ0v) is 20.9. The van der Waals surface area contributed by atoms with Gasteiger partial charge in [0.2, 0.25) is 11.8 Å². The predicted molar refractivity (Wildman–Crippen MR) is 129 cm³/mol. The van der Waals surface area contributed by atoms with Crippen molar-refractivity contribution in [2.75, 3.05) is 26.3 Å². The van der Waals surface area contributed by atoms with E-state index in [1.807, 2.05) is 32.0 Å². The van der Waals surface area contributed by atoms with Gasteiger partial charge in [-0.05, 0) is 61.1 Å². The number of ether oxygens (including phenoxy) is 2. The number of benzene rings is 1. The normalized spacial score (nSPS) is 20.6. The Labute approximate surface area is 203 Å². The Morgan fingerprint density at radius 1 is 1.31 bits per heavy atom. The van der Waals surface area contributed by atoms with Crippen molar-refractivity contribution in [3.63, 3.8) is 0 Å². The fourth-order valence-corrected chi connectivity index (χ4v) is 4.09. The lowest BCUT2D eigenvalue weighted by molar-refractivity contribution is -0.136. The molecule has 1 aliphatic rings. The fourth-order valence-electron chi connectivity index (χ4n) is 3.58. The van der Waals surface area contributed by atoms with Gasteiger partial charge in [-0.2, -0.15) is 0 Å². The molecule has 8 nitrogen and oxygen atoms in total. The topological polar surface area (TPSA) is 108 Å². The molecule has 0 saturated carbocycles. The summed E-state index contributed by atoms with van der Waals surface area (Å²) in [4.78, 5) is 26.7. The molecule has 32 heavy (non-hydrogen) atoms. The molecule has 0 saturated heterocycles. The number of carbonyl (C=O) groups is 2. The molecule has 3 atom stereocenters. The van der Waals surface area contributed by atoms with Crippen LogP contribution in [0.1, 0.15) is 33.6 Å². The molecule has 2 rings (SSSR count). The Morgan fingerprint density at radius 2 is 2.03 bits per heavy atom. The second kappa shape index (κ2) is 13.1. The van der Waals surface area contributed by atoms with Gasteiger partial charge in [-0.3, -0.25) is 9.59 Å². The van der Waals surface area contributed by atoms with Crippen molar-refractivity contribution in [1.82, 2.24) is 10.2 Å². The highest BCUT2D eigenvalue weighted by atomic mass is 127. The van der Waals surface area contributed by atoms with Crippen LogP contribution in [0.4, 0.5) is 0 Å². The summed E-state index contributed by atoms with van der Waals surface area (Å²) in [7, 11) is 0. The number of amides is 2. The van der Waals surface area contributed by atoms with Gasteiger partial charge in [0.05, 0.1) is 22.3 Å². The van der Waals surface area contributed by atoms with Gasteiger partial charge in [-0.25, -0.2) is 0 Å². The third-order valence-electron chi connectivity index (χ3n) is 5.11. The van der Waals surface area contributed by atoms with Gasteiger partial charge in [0.15, 0.2) is 0 Å². The number of rotatable bonds is 11. The van der Waals surface area contributed by atoms with Gasteiger partial charge >= 0.3 is 0 Å². The van der Waals surface area contributed by atoms with Crippen LogP contribution < -0.4 is 10.1 Å². The summed E-state index contributed by atoms with van der Waals surface area (Å²) < 4.78 is 12.5. The van der Waals surface area contributed by atoms with Crippen LogP contribution in [0, 0.1) is 3.57 Å². The van der Waals surface area contributed by atoms with E-state index in [-0.39, 0.29) is 37.5 Å². The molecule has 0 bridgehead atoms. The lowest BCUT2D eigenvalue weighted by atomic mass is 9.88. The average Bonchev–Trinajstić information content (AvgIpc) is 2.74. The second-order valence-corrected chi connectivity index (χ2v) is 9.09. The SMILES string of the molecule is CC(=O)N(CCCOC(C)C)[C@@H]1CC(C(=O)NCCO)=C[C@H](Oc2ccccc2I)[C@H]1O. The maximum absolute atomic E-state index is 12.6. The van der Waals surface area contributed by atoms with Crippen molar-refractivity contribution in [1.29, 1.82) is 0 Å². The van der Waals surface area contributed by atoms with Crippen LogP contribution >= 0.6 is 22.6 Å². The minimum atomic E-state index is -1.02. The molecule has 0 unspecified atom stereocenters. The molecule has 1 aliphatic carbocycles. The lowest BCUT2D eigenvalue weighted by Gasteiger charge is -2.40. The van der Waals surface area contributed by atoms with E-state index in [1.165, 1.54) is 6.92 Å². The number of para-hydroxylation sites is 1. The van der Waals surface area contributed by atoms with Crippen LogP contribution in [0.3, 0.4) is 0 Å². The van der Waals surface area contributed by atoms with Gasteiger partial charge in [0.25, 0.3) is 0 Å². The Morgan fingerprint density at radius 3 is 2.66 bits per heavy atom. The first kappa shape index (κ1) is 26.6. The third kappa shape index (κ3) is 7.72. The molecule has 0 aliphatic heterocycles. The molecular weight excluding hydrogens is 527 g/mol. The maximum Gasteiger partial charge on any atom is 0.247 e. The van der Waals surface area contributed by atoms with E-state index in [9.17, 15) is 14.7 Å². The first-order chi connectivity index (χ1) is 15.2. The molecule has 9 heteroatoms. The highest BCUT2D eigenvalue weighted by Crippen LogP contribution is 2.29. The van der Waals surface area contributed by atoms with E-state index in [2.05, 4.69) is 27.9 Å². The molecule has 0 radical (unpaired) electrons. The summed E-state index contributed by atoms with van der Waals surface area (Å²) in [6.45, 7) is 6.18. The van der Waals surface area contributed by atoms with Gasteiger partial charge in [0, 0.05) is 38.6 Å². The Kier molecular flexibility index (Phi) is 10.9. The summed E-state index contributed by atoms with van der Waals surface area (Å²) in [5.74, 6) is 0.0477. The zero-order valence-electron chi connectivity index (χ0n) is 18.8. The monoisotopic (exact) mass is 560 g/mol. The third-order valence-corrected chi connectivity index (χ3v) is 6.00. The molecular formula is C23H33IN2O6. The second-order valence-electron chi connectivity index (χ2n) is 7.93. The minimum absolute atomic E-state index is 0.0944. The predicted octanol–water partition coefficient (Wildman–Crippen LogP) is 1.87. The van der Waals surface area contributed by atoms with Crippen molar-refractivity contribution in [3.05, 3.63) is 39.5 Å². The van der Waals surface area contributed by atoms with Crippen LogP contribution in [-0.4, -0.2) is 77.6 Å². The molecule has 178 valence electrons. The molecule has 0 heterocycles. The summed E-state index contributed by atoms with van der Waals surface area (Å²) in [5.41, 5.74) is 0.411. The van der Waals surface area contributed by atoms with Gasteiger partial charge in [-0.1, -0.05) is 12.1 Å². The number of halogens is 1. The van der Waals surface area contributed by atoms with Crippen molar-refractivity contribution in [2.45, 2.75) is 58.0 Å². The number of carbonyl (C=O) groups excluding carboxylic acids is 2. The van der Waals surface area contributed by atoms with Gasteiger partial charge in [0.1, 0.15) is 18.0 Å². The summed E-state index contributed by atoms with van der Waals surface area (Å²) in [6, 6.07) is 6.77. The quantitative estimate of drug-likeness (QED) is 0.282. The van der Waals surface area contributed by atoms with E-state index < -0.39 is 18.2 Å². The van der Waals surface area contributed by atoms with E-state index in [1.54, 1.807) is 17.0 Å². The van der Waals surface area contributed by atoms with E-state index >= 15 is 0 Å². The van der Waals surface area contributed by atoms with Crippen LogP contribution in [0.15, 0.2) is 35.9 Å². The Balaban J connectivity index is 2.26. The number of nitrogens with zero attached hydrogens (tertiary/aromatic N) is 1. The fraction of sp³-hybridized carbons (Fsp3) is 0.565. The largest absolute Gasteiger partial charge is 0.482 e. The van der Waals surface area contributed by atoms with E-state index in [0.29, 0.717) is 30.9 Å². The van der Waals surface area contributed by atoms with E-state index in [0.717, 1.165) is 3.57 Å². The zero-order chi connectivity index (χ0) is 23.7. The molecule has 0 spiro atoms. The average molecular weight is 560 g/mol. The maximum atomic E-state index is 12.6. The van der Waals surface area contributed by atoms with Gasteiger partial charge in [-0.15, -0.1) is 0 Å². The van der Waals surface area contributed by atoms with Crippen LogP contribution in [0.25, 0.3) is 0 Å². The molecule has 1 aromatic rings. The van der Waals surface area contributed by atoms with Crippen molar-refractivity contribution in [3.8, 4) is 5.75 Å². The summed E-state index contributed by atoms with van der Waals surface area (Å²) >= 11 is 2.14. The van der Waals surface area contributed by atoms with Crippen molar-refractivity contribution >= 4 is 34.4 Å². The highest BCUT2D eigenvalue weighted by molar-refractivity contribution is 14.1. The number of nitrogens with one attached hydrogen (secondary N) is 1. The minimum Gasteiger partial charge on any atom is -0.482 e. The number of hydrogen-bond donors (Lipinski definition) is 3. The number of hydrogen-bond acceptors (Lipinski definition) is 6. The summed E-state index contributed by atoms with van der Waals surface area (Å²) in [6.07, 6.45) is 0.672. The molecule has 0 aromatic heterocycles. The van der Waals surface area contributed by atoms with Crippen molar-refractivity contribution in [2.24, 2.45) is 0 Å².